The van der Waals surface area contributed by atoms with E-state index in [4.69, 9.17) is 0 Å². The van der Waals surface area contributed by atoms with E-state index in [-0.39, 0.29) is 0 Å². The van der Waals surface area contributed by atoms with E-state index >= 15 is 0 Å². The number of nitrogens with one attached hydrogen (secondary N) is 1. The van der Waals surface area contributed by atoms with Crippen LogP contribution in [0.2, 0.25) is 0 Å². The topological polar surface area (TPSA) is 35.6 Å². The minimum absolute atomic E-state index is 0.393. The lowest BCUT2D eigenvalue weighted by atomic mass is 9.95. The van der Waals surface area contributed by atoms with Crippen molar-refractivity contribution in [1.82, 2.24) is 15.1 Å². The van der Waals surface area contributed by atoms with Gasteiger partial charge in [-0.05, 0) is 70.6 Å². The highest BCUT2D eigenvalue weighted by atomic mass is 16.2. The number of amides is 1. The van der Waals surface area contributed by atoms with Crippen molar-refractivity contribution in [2.75, 3.05) is 46.3 Å². The number of nitrogens with zero attached hydrogens (tertiary/aromatic N) is 2. The number of hydrogen-bond acceptors (Lipinski definition) is 3. The van der Waals surface area contributed by atoms with E-state index in [1.54, 1.807) is 0 Å². The molecule has 2 rings (SSSR count). The molecule has 2 saturated heterocycles. The van der Waals surface area contributed by atoms with Gasteiger partial charge in [0.25, 0.3) is 0 Å². The van der Waals surface area contributed by atoms with Crippen LogP contribution in [-0.2, 0) is 4.79 Å². The van der Waals surface area contributed by atoms with E-state index in [1.165, 1.54) is 45.2 Å². The van der Waals surface area contributed by atoms with Gasteiger partial charge < -0.3 is 15.1 Å². The van der Waals surface area contributed by atoms with E-state index in [2.05, 4.69) is 29.1 Å². The van der Waals surface area contributed by atoms with E-state index in [9.17, 15) is 4.79 Å². The Hall–Kier alpha value is -0.610. The number of rotatable bonds is 8. The van der Waals surface area contributed by atoms with Gasteiger partial charge in [-0.2, -0.15) is 0 Å². The largest absolute Gasteiger partial charge is 0.343 e. The van der Waals surface area contributed by atoms with E-state index in [1.807, 2.05) is 0 Å². The Kier molecular flexibility index (Phi) is 7.67. The zero-order valence-electron chi connectivity index (χ0n) is 14.6. The average molecular weight is 309 g/mol. The molecule has 4 heteroatoms. The van der Waals surface area contributed by atoms with Gasteiger partial charge in [0.05, 0.1) is 0 Å². The van der Waals surface area contributed by atoms with Crippen molar-refractivity contribution in [3.63, 3.8) is 0 Å². The van der Waals surface area contributed by atoms with Gasteiger partial charge in [-0.25, -0.2) is 0 Å². The lowest BCUT2D eigenvalue weighted by Gasteiger charge is -2.34. The first-order valence-corrected chi connectivity index (χ1v) is 9.36. The number of carbonyl (C=O) groups is 1. The molecular weight excluding hydrogens is 274 g/mol. The van der Waals surface area contributed by atoms with Crippen LogP contribution in [0, 0.1) is 11.8 Å². The summed E-state index contributed by atoms with van der Waals surface area (Å²) >= 11 is 0. The molecule has 0 radical (unpaired) electrons. The Morgan fingerprint density at radius 3 is 2.64 bits per heavy atom. The fraction of sp³-hybridized carbons (Fsp3) is 0.944. The Bertz CT molecular complexity index is 320. The highest BCUT2D eigenvalue weighted by molar-refractivity contribution is 5.76. The number of hydrogen-bond donors (Lipinski definition) is 1. The first-order chi connectivity index (χ1) is 10.7. The SMILES string of the molecule is CCCCN(C)CC1CCN(C(=O)CCC2CCNC2)CC1. The molecule has 4 nitrogen and oxygen atoms in total. The van der Waals surface area contributed by atoms with E-state index < -0.39 is 0 Å². The standard InChI is InChI=1S/C18H35N3O/c1-3-4-11-20(2)15-17-8-12-21(13-9-17)18(22)6-5-16-7-10-19-14-16/h16-17,19H,3-15H2,1-2H3. The molecule has 1 amide bonds. The fourth-order valence-corrected chi connectivity index (χ4v) is 3.77. The van der Waals surface area contributed by atoms with E-state index in [0.717, 1.165) is 50.9 Å². The Morgan fingerprint density at radius 2 is 2.00 bits per heavy atom. The minimum Gasteiger partial charge on any atom is -0.343 e. The number of likely N-dealkylation sites (tertiary alicyclic amines) is 1. The van der Waals surface area contributed by atoms with Crippen LogP contribution in [0.5, 0.6) is 0 Å². The fourth-order valence-electron chi connectivity index (χ4n) is 3.77. The summed E-state index contributed by atoms with van der Waals surface area (Å²) in [5.41, 5.74) is 0. The molecule has 0 aromatic heterocycles. The number of carbonyl (C=O) groups excluding carboxylic acids is 1. The molecule has 22 heavy (non-hydrogen) atoms. The third-order valence-corrected chi connectivity index (χ3v) is 5.36. The first-order valence-electron chi connectivity index (χ1n) is 9.36. The number of unbranched alkanes of at least 4 members (excludes halogenated alkanes) is 1. The number of piperidine rings is 1. The van der Waals surface area contributed by atoms with Gasteiger partial charge in [-0.1, -0.05) is 13.3 Å². The summed E-state index contributed by atoms with van der Waals surface area (Å²) < 4.78 is 0. The first kappa shape index (κ1) is 17.7. The van der Waals surface area contributed by atoms with Crippen molar-refractivity contribution in [3.8, 4) is 0 Å². The van der Waals surface area contributed by atoms with Gasteiger partial charge in [-0.15, -0.1) is 0 Å². The lowest BCUT2D eigenvalue weighted by molar-refractivity contribution is -0.132. The highest BCUT2D eigenvalue weighted by Gasteiger charge is 2.24. The summed E-state index contributed by atoms with van der Waals surface area (Å²) in [6, 6.07) is 0. The maximum absolute atomic E-state index is 12.3. The molecule has 0 spiro atoms. The summed E-state index contributed by atoms with van der Waals surface area (Å²) in [4.78, 5) is 16.9. The molecule has 0 aliphatic carbocycles. The monoisotopic (exact) mass is 309 g/mol. The van der Waals surface area contributed by atoms with Crippen molar-refractivity contribution in [2.24, 2.45) is 11.8 Å². The molecule has 1 unspecified atom stereocenters. The van der Waals surface area contributed by atoms with Crippen LogP contribution in [0.25, 0.3) is 0 Å². The molecule has 128 valence electrons. The summed E-state index contributed by atoms with van der Waals surface area (Å²) in [5, 5.41) is 3.38. The average Bonchev–Trinajstić information content (AvgIpc) is 3.05. The predicted molar refractivity (Wildman–Crippen MR) is 91.9 cm³/mol. The van der Waals surface area contributed by atoms with Gasteiger partial charge in [-0.3, -0.25) is 4.79 Å². The Morgan fingerprint density at radius 1 is 1.23 bits per heavy atom. The molecule has 2 heterocycles. The second-order valence-electron chi connectivity index (χ2n) is 7.34. The van der Waals surface area contributed by atoms with Crippen LogP contribution < -0.4 is 5.32 Å². The van der Waals surface area contributed by atoms with Crippen molar-refractivity contribution < 1.29 is 4.79 Å². The summed E-state index contributed by atoms with van der Waals surface area (Å²) in [6.45, 7) is 8.87. The molecule has 2 aliphatic rings. The molecule has 0 aromatic rings. The molecule has 0 aromatic carbocycles. The van der Waals surface area contributed by atoms with Crippen LogP contribution >= 0.6 is 0 Å². The van der Waals surface area contributed by atoms with Gasteiger partial charge in [0.1, 0.15) is 0 Å². The van der Waals surface area contributed by atoms with Gasteiger partial charge in [0.15, 0.2) is 0 Å². The summed E-state index contributed by atoms with van der Waals surface area (Å²) in [6.07, 6.45) is 8.02. The third kappa shape index (κ3) is 5.88. The van der Waals surface area contributed by atoms with Gasteiger partial charge in [0.2, 0.25) is 5.91 Å². The summed E-state index contributed by atoms with van der Waals surface area (Å²) in [7, 11) is 2.24. The quantitative estimate of drug-likeness (QED) is 0.747. The molecular formula is C18H35N3O. The second kappa shape index (κ2) is 9.51. The van der Waals surface area contributed by atoms with Crippen molar-refractivity contribution in [2.45, 2.75) is 51.9 Å². The maximum Gasteiger partial charge on any atom is 0.222 e. The Balaban J connectivity index is 1.60. The molecule has 2 fully saturated rings. The zero-order valence-corrected chi connectivity index (χ0v) is 14.6. The van der Waals surface area contributed by atoms with Crippen LogP contribution in [0.15, 0.2) is 0 Å². The van der Waals surface area contributed by atoms with Crippen molar-refractivity contribution >= 4 is 5.91 Å². The molecule has 1 atom stereocenters. The zero-order chi connectivity index (χ0) is 15.8. The third-order valence-electron chi connectivity index (χ3n) is 5.36. The normalized spacial score (nSPS) is 23.4. The lowest BCUT2D eigenvalue weighted by Crippen LogP contribution is -2.41. The smallest absolute Gasteiger partial charge is 0.222 e. The highest BCUT2D eigenvalue weighted by Crippen LogP contribution is 2.21. The van der Waals surface area contributed by atoms with Gasteiger partial charge >= 0.3 is 0 Å². The second-order valence-corrected chi connectivity index (χ2v) is 7.34. The molecule has 0 saturated carbocycles. The molecule has 1 N–H and O–H groups in total. The predicted octanol–water partition coefficient (Wildman–Crippen LogP) is 2.35. The van der Waals surface area contributed by atoms with E-state index in [0.29, 0.717) is 5.91 Å². The van der Waals surface area contributed by atoms with Crippen LogP contribution in [0.4, 0.5) is 0 Å². The molecule has 2 aliphatic heterocycles. The van der Waals surface area contributed by atoms with Crippen molar-refractivity contribution in [1.29, 1.82) is 0 Å². The Labute approximate surface area is 136 Å². The van der Waals surface area contributed by atoms with Crippen LogP contribution in [-0.4, -0.2) is 62.0 Å². The summed E-state index contributed by atoms with van der Waals surface area (Å²) in [5.74, 6) is 1.91. The molecule has 0 bridgehead atoms. The van der Waals surface area contributed by atoms with Crippen LogP contribution in [0.3, 0.4) is 0 Å². The van der Waals surface area contributed by atoms with Gasteiger partial charge in [0, 0.05) is 26.1 Å². The minimum atomic E-state index is 0.393. The van der Waals surface area contributed by atoms with Crippen LogP contribution in [0.1, 0.15) is 51.9 Å². The maximum atomic E-state index is 12.3. The van der Waals surface area contributed by atoms with Crippen molar-refractivity contribution in [3.05, 3.63) is 0 Å².